The van der Waals surface area contributed by atoms with E-state index >= 15 is 0 Å². The number of hydrogen-bond donors (Lipinski definition) is 2. The van der Waals surface area contributed by atoms with Gasteiger partial charge in [0.1, 0.15) is 5.75 Å². The van der Waals surface area contributed by atoms with Crippen LogP contribution in [0.5, 0.6) is 11.6 Å². The quantitative estimate of drug-likeness (QED) is 0.669. The minimum atomic E-state index is -0.671. The van der Waals surface area contributed by atoms with E-state index in [2.05, 4.69) is 10.2 Å². The second-order valence-corrected chi connectivity index (χ2v) is 6.18. The fraction of sp³-hybridized carbons (Fsp3) is 0.211. The van der Waals surface area contributed by atoms with Gasteiger partial charge < -0.3 is 14.8 Å². The molecule has 3 rings (SSSR count). The number of hydrogen-bond acceptors (Lipinski definition) is 4. The molecule has 128 valence electrons. The highest BCUT2D eigenvalue weighted by atomic mass is 16.3. The highest BCUT2D eigenvalue weighted by molar-refractivity contribution is 5.99. The van der Waals surface area contributed by atoms with E-state index in [4.69, 9.17) is 0 Å². The minimum absolute atomic E-state index is 0.0167. The lowest BCUT2D eigenvalue weighted by Gasteiger charge is -2.10. The van der Waals surface area contributed by atoms with E-state index in [1.807, 2.05) is 39.0 Å². The Morgan fingerprint density at radius 2 is 1.84 bits per heavy atom. The lowest BCUT2D eigenvalue weighted by atomic mass is 10.1. The predicted octanol–water partition coefficient (Wildman–Crippen LogP) is 4.87. The number of amides is 1. The summed E-state index contributed by atoms with van der Waals surface area (Å²) in [5, 5.41) is 28.7. The van der Waals surface area contributed by atoms with E-state index in [0.29, 0.717) is 0 Å². The number of nitrogens with zero attached hydrogens (tertiary/aromatic N) is 3. The molecular weight excluding hydrogens is 318 g/mol. The fourth-order valence-electron chi connectivity index (χ4n) is 2.82. The van der Waals surface area contributed by atoms with Crippen LogP contribution in [0.25, 0.3) is 10.9 Å². The summed E-state index contributed by atoms with van der Waals surface area (Å²) >= 11 is 0. The summed E-state index contributed by atoms with van der Waals surface area (Å²) in [6.07, 6.45) is 0. The first-order valence-corrected chi connectivity index (χ1v) is 7.97. The molecule has 0 aliphatic carbocycles. The number of carbonyl (C=O) groups excluding carboxylic acids is 1. The predicted molar refractivity (Wildman–Crippen MR) is 95.7 cm³/mol. The number of carbonyl (C=O) groups is 1. The Balaban J connectivity index is 2.10. The third-order valence-electron chi connectivity index (χ3n) is 4.00. The molecule has 0 saturated carbocycles. The molecule has 6 nitrogen and oxygen atoms in total. The van der Waals surface area contributed by atoms with Gasteiger partial charge in [-0.1, -0.05) is 23.8 Å². The van der Waals surface area contributed by atoms with Crippen LogP contribution in [0.1, 0.15) is 35.8 Å². The van der Waals surface area contributed by atoms with Crippen LogP contribution in [0.4, 0.5) is 5.69 Å². The van der Waals surface area contributed by atoms with Crippen molar-refractivity contribution in [1.29, 1.82) is 0 Å². The van der Waals surface area contributed by atoms with Crippen molar-refractivity contribution in [3.63, 3.8) is 0 Å². The minimum Gasteiger partial charge on any atom is -0.507 e. The van der Waals surface area contributed by atoms with Crippen LogP contribution in [-0.4, -0.2) is 20.7 Å². The maximum atomic E-state index is 12.2. The van der Waals surface area contributed by atoms with Crippen molar-refractivity contribution in [2.75, 3.05) is 0 Å². The fourth-order valence-corrected chi connectivity index (χ4v) is 2.82. The number of para-hydroxylation sites is 1. The van der Waals surface area contributed by atoms with Crippen LogP contribution < -0.4 is 0 Å². The van der Waals surface area contributed by atoms with Crippen molar-refractivity contribution in [1.82, 2.24) is 4.57 Å². The molecule has 0 spiro atoms. The molecule has 0 unspecified atom stereocenters. The second kappa shape index (κ2) is 6.39. The summed E-state index contributed by atoms with van der Waals surface area (Å²) in [4.78, 5) is 12.2. The zero-order valence-corrected chi connectivity index (χ0v) is 14.3. The van der Waals surface area contributed by atoms with E-state index < -0.39 is 5.91 Å². The van der Waals surface area contributed by atoms with Crippen molar-refractivity contribution in [2.24, 2.45) is 10.2 Å². The third kappa shape index (κ3) is 2.98. The van der Waals surface area contributed by atoms with Crippen LogP contribution in [-0.2, 0) is 0 Å². The van der Waals surface area contributed by atoms with E-state index in [0.717, 1.165) is 16.5 Å². The molecule has 0 atom stereocenters. The first kappa shape index (κ1) is 16.7. The molecule has 2 N–H and O–H groups in total. The Hall–Kier alpha value is -3.15. The van der Waals surface area contributed by atoms with E-state index in [1.165, 1.54) is 12.1 Å². The molecule has 1 heterocycles. The van der Waals surface area contributed by atoms with Crippen molar-refractivity contribution in [3.05, 3.63) is 53.6 Å². The number of benzene rings is 2. The van der Waals surface area contributed by atoms with Gasteiger partial charge in [0.05, 0.1) is 11.1 Å². The van der Waals surface area contributed by atoms with E-state index in [1.54, 1.807) is 16.7 Å². The number of azo groups is 1. The van der Waals surface area contributed by atoms with Gasteiger partial charge in [-0.05, 0) is 45.0 Å². The smallest absolute Gasteiger partial charge is 0.299 e. The van der Waals surface area contributed by atoms with Gasteiger partial charge in [0, 0.05) is 11.4 Å². The Morgan fingerprint density at radius 3 is 2.52 bits per heavy atom. The van der Waals surface area contributed by atoms with Gasteiger partial charge in [0.25, 0.3) is 5.91 Å². The number of aromatic nitrogens is 1. The normalized spacial score (nSPS) is 11.7. The second-order valence-electron chi connectivity index (χ2n) is 6.18. The molecule has 3 aromatic rings. The monoisotopic (exact) mass is 337 g/mol. The Labute approximate surface area is 145 Å². The summed E-state index contributed by atoms with van der Waals surface area (Å²) in [7, 11) is 0. The van der Waals surface area contributed by atoms with E-state index in [9.17, 15) is 15.0 Å². The van der Waals surface area contributed by atoms with Gasteiger partial charge >= 0.3 is 0 Å². The average Bonchev–Trinajstić information content (AvgIpc) is 2.84. The SMILES string of the molecule is Cc1ccc2c(c1)c(N=NC(=O)c1ccccc1O)c(O)n2C(C)C. The number of phenols is 1. The lowest BCUT2D eigenvalue weighted by molar-refractivity contribution is 0.0992. The van der Waals surface area contributed by atoms with Crippen LogP contribution >= 0.6 is 0 Å². The number of aryl methyl sites for hydroxylation is 1. The van der Waals surface area contributed by atoms with Crippen molar-refractivity contribution < 1.29 is 15.0 Å². The van der Waals surface area contributed by atoms with E-state index in [-0.39, 0.29) is 28.9 Å². The van der Waals surface area contributed by atoms with Crippen LogP contribution in [0.15, 0.2) is 52.7 Å². The maximum Gasteiger partial charge on any atom is 0.299 e. The molecule has 2 aromatic carbocycles. The number of fused-ring (bicyclic) bond motifs is 1. The van der Waals surface area contributed by atoms with Gasteiger partial charge in [-0.3, -0.25) is 4.79 Å². The first-order chi connectivity index (χ1) is 11.9. The molecular formula is C19H19N3O3. The highest BCUT2D eigenvalue weighted by Gasteiger charge is 2.19. The van der Waals surface area contributed by atoms with Gasteiger partial charge in [-0.25, -0.2) is 0 Å². The average molecular weight is 337 g/mol. The number of phenolic OH excluding ortho intramolecular Hbond substituents is 1. The topological polar surface area (TPSA) is 87.2 Å². The molecule has 1 aromatic heterocycles. The number of rotatable bonds is 3. The summed E-state index contributed by atoms with van der Waals surface area (Å²) in [6, 6.07) is 11.9. The Morgan fingerprint density at radius 1 is 1.12 bits per heavy atom. The molecule has 0 radical (unpaired) electrons. The van der Waals surface area contributed by atoms with Gasteiger partial charge in [0.15, 0.2) is 5.69 Å². The molecule has 0 bridgehead atoms. The Bertz CT molecular complexity index is 987. The third-order valence-corrected chi connectivity index (χ3v) is 4.00. The van der Waals surface area contributed by atoms with Crippen LogP contribution in [0.3, 0.4) is 0 Å². The molecule has 6 heteroatoms. The maximum absolute atomic E-state index is 12.2. The molecule has 0 fully saturated rings. The van der Waals surface area contributed by atoms with Crippen molar-refractivity contribution in [2.45, 2.75) is 26.8 Å². The van der Waals surface area contributed by atoms with Gasteiger partial charge in [-0.2, -0.15) is 0 Å². The number of aromatic hydroxyl groups is 2. The molecule has 0 aliphatic heterocycles. The highest BCUT2D eigenvalue weighted by Crippen LogP contribution is 2.41. The summed E-state index contributed by atoms with van der Waals surface area (Å²) in [5.74, 6) is -0.865. The summed E-state index contributed by atoms with van der Waals surface area (Å²) in [5.41, 5.74) is 2.14. The molecule has 0 aliphatic rings. The molecule has 25 heavy (non-hydrogen) atoms. The van der Waals surface area contributed by atoms with Gasteiger partial charge in [-0.15, -0.1) is 10.2 Å². The van der Waals surface area contributed by atoms with Crippen LogP contribution in [0.2, 0.25) is 0 Å². The zero-order chi connectivity index (χ0) is 18.1. The summed E-state index contributed by atoms with van der Waals surface area (Å²) < 4.78 is 1.74. The first-order valence-electron chi connectivity index (χ1n) is 7.97. The zero-order valence-electron chi connectivity index (χ0n) is 14.3. The van der Waals surface area contributed by atoms with Crippen molar-refractivity contribution in [3.8, 4) is 11.6 Å². The van der Waals surface area contributed by atoms with Crippen LogP contribution in [0, 0.1) is 6.92 Å². The molecule has 0 saturated heterocycles. The largest absolute Gasteiger partial charge is 0.507 e. The Kier molecular flexibility index (Phi) is 4.27. The van der Waals surface area contributed by atoms with Gasteiger partial charge in [0.2, 0.25) is 5.88 Å². The lowest BCUT2D eigenvalue weighted by Crippen LogP contribution is -1.99. The standard InChI is InChI=1S/C19H19N3O3/c1-11(2)22-15-9-8-12(3)10-14(15)17(19(22)25)20-21-18(24)13-6-4-5-7-16(13)23/h4-11,23,25H,1-3H3. The van der Waals surface area contributed by atoms with Crippen molar-refractivity contribution >= 4 is 22.5 Å². The molecule has 1 amide bonds. The summed E-state index contributed by atoms with van der Waals surface area (Å²) in [6.45, 7) is 5.84.